The van der Waals surface area contributed by atoms with E-state index in [4.69, 9.17) is 29.6 Å². The summed E-state index contributed by atoms with van der Waals surface area (Å²) in [5.41, 5.74) is 8.13. The Morgan fingerprint density at radius 2 is 1.68 bits per heavy atom. The molecule has 0 saturated heterocycles. The second kappa shape index (κ2) is 7.25. The van der Waals surface area contributed by atoms with Crippen LogP contribution >= 0.6 is 23.8 Å². The van der Waals surface area contributed by atoms with Crippen molar-refractivity contribution < 1.29 is 0 Å². The molecule has 0 heterocycles. The first-order valence-corrected chi connectivity index (χ1v) is 12.2. The van der Waals surface area contributed by atoms with Gasteiger partial charge in [-0.25, -0.2) is 0 Å². The van der Waals surface area contributed by atoms with Crippen LogP contribution in [-0.4, -0.2) is 23.0 Å². The van der Waals surface area contributed by atoms with Gasteiger partial charge < -0.3 is 11.1 Å². The zero-order valence-corrected chi connectivity index (χ0v) is 18.3. The third-order valence-electron chi connectivity index (χ3n) is 8.65. The fraction of sp³-hybridized carbons (Fsp3) is 0.708. The summed E-state index contributed by atoms with van der Waals surface area (Å²) in [5, 5.41) is 3.84. The van der Waals surface area contributed by atoms with Gasteiger partial charge in [0.1, 0.15) is 0 Å². The molecule has 0 spiro atoms. The van der Waals surface area contributed by atoms with Crippen molar-refractivity contribution in [3.05, 3.63) is 35.9 Å². The summed E-state index contributed by atoms with van der Waals surface area (Å²) in [7, 11) is 0. The maximum absolute atomic E-state index is 6.47. The Hall–Kier alpha value is -0.640. The molecule has 5 aliphatic carbocycles. The number of benzene rings is 1. The Labute approximate surface area is 180 Å². The molecule has 4 bridgehead atoms. The second-order valence-corrected chi connectivity index (χ2v) is 11.1. The fourth-order valence-electron chi connectivity index (χ4n) is 7.49. The number of thiocarbonyl (C=S) groups is 1. The summed E-state index contributed by atoms with van der Waals surface area (Å²) in [6.07, 6.45) is 10.9. The van der Waals surface area contributed by atoms with E-state index in [0.29, 0.717) is 23.4 Å². The van der Waals surface area contributed by atoms with Gasteiger partial charge >= 0.3 is 0 Å². The molecule has 5 aliphatic rings. The number of nitrogens with one attached hydrogen (secondary N) is 1. The summed E-state index contributed by atoms with van der Waals surface area (Å²) >= 11 is 12.6. The normalized spacial score (nSPS) is 44.4. The van der Waals surface area contributed by atoms with Gasteiger partial charge in [-0.15, -0.1) is 11.6 Å². The lowest BCUT2D eigenvalue weighted by molar-refractivity contribution is -0.0736. The molecule has 2 atom stereocenters. The van der Waals surface area contributed by atoms with E-state index in [1.54, 1.807) is 0 Å². The predicted molar refractivity (Wildman–Crippen MR) is 121 cm³/mol. The predicted octanol–water partition coefficient (Wildman–Crippen LogP) is 5.18. The highest BCUT2D eigenvalue weighted by Gasteiger charge is 2.62. The van der Waals surface area contributed by atoms with Gasteiger partial charge in [0.05, 0.1) is 4.99 Å². The highest BCUT2D eigenvalue weighted by Crippen LogP contribution is 2.67. The standard InChI is InChI=1S/C24H33ClN2S/c25-14-21-16-10-23(18-4-2-1-3-5-18)11-17(21)13-24(12-16,15-23)22(28)27-20-8-6-19(26)7-9-20/h1-5,16-17,19-21H,6-15,26H2,(H,27,28). The third-order valence-corrected chi connectivity index (χ3v) is 9.56. The SMILES string of the molecule is NC1CCC(NC(=S)C23CC4CC(c5ccccc5)(CC(C2)C4CCl)C3)CC1. The van der Waals surface area contributed by atoms with Gasteiger partial charge in [-0.05, 0) is 86.5 Å². The number of hydrogen-bond acceptors (Lipinski definition) is 2. The molecular formula is C24H33ClN2S. The molecule has 0 radical (unpaired) electrons. The molecule has 2 unspecified atom stereocenters. The second-order valence-electron chi connectivity index (χ2n) is 10.3. The van der Waals surface area contributed by atoms with Crippen LogP contribution in [0, 0.1) is 23.2 Å². The molecular weight excluding hydrogens is 384 g/mol. The Morgan fingerprint density at radius 1 is 1.04 bits per heavy atom. The maximum Gasteiger partial charge on any atom is 0.0818 e. The van der Waals surface area contributed by atoms with E-state index < -0.39 is 0 Å². The van der Waals surface area contributed by atoms with Crippen molar-refractivity contribution in [2.45, 2.75) is 75.3 Å². The Kier molecular flexibility index (Phi) is 5.00. The molecule has 28 heavy (non-hydrogen) atoms. The lowest BCUT2D eigenvalue weighted by Gasteiger charge is -2.65. The molecule has 152 valence electrons. The topological polar surface area (TPSA) is 38.0 Å². The summed E-state index contributed by atoms with van der Waals surface area (Å²) in [6, 6.07) is 12.2. The van der Waals surface area contributed by atoms with Crippen LogP contribution in [0.4, 0.5) is 0 Å². The van der Waals surface area contributed by atoms with E-state index >= 15 is 0 Å². The van der Waals surface area contributed by atoms with E-state index in [1.807, 2.05) is 0 Å². The van der Waals surface area contributed by atoms with Crippen molar-refractivity contribution in [3.8, 4) is 0 Å². The quantitative estimate of drug-likeness (QED) is 0.524. The van der Waals surface area contributed by atoms with Gasteiger partial charge in [-0.2, -0.15) is 0 Å². The highest BCUT2D eigenvalue weighted by atomic mass is 35.5. The van der Waals surface area contributed by atoms with Gasteiger partial charge in [0.15, 0.2) is 0 Å². The fourth-order valence-corrected chi connectivity index (χ4v) is 8.40. The van der Waals surface area contributed by atoms with Gasteiger partial charge in [-0.1, -0.05) is 42.5 Å². The largest absolute Gasteiger partial charge is 0.376 e. The van der Waals surface area contributed by atoms with Gasteiger partial charge in [0.2, 0.25) is 0 Å². The van der Waals surface area contributed by atoms with E-state index in [1.165, 1.54) is 50.5 Å². The molecule has 1 aromatic rings. The average molecular weight is 417 g/mol. The van der Waals surface area contributed by atoms with Crippen LogP contribution in [0.5, 0.6) is 0 Å². The van der Waals surface area contributed by atoms with Crippen molar-refractivity contribution in [3.63, 3.8) is 0 Å². The first-order valence-electron chi connectivity index (χ1n) is 11.2. The average Bonchev–Trinajstić information content (AvgIpc) is 2.70. The van der Waals surface area contributed by atoms with E-state index in [2.05, 4.69) is 35.6 Å². The maximum atomic E-state index is 6.47. The van der Waals surface area contributed by atoms with Gasteiger partial charge in [0.25, 0.3) is 0 Å². The van der Waals surface area contributed by atoms with Crippen LogP contribution in [0.3, 0.4) is 0 Å². The number of nitrogens with two attached hydrogens (primary N) is 1. The molecule has 0 aliphatic heterocycles. The van der Waals surface area contributed by atoms with Crippen LogP contribution < -0.4 is 11.1 Å². The Balaban J connectivity index is 1.42. The zero-order valence-electron chi connectivity index (χ0n) is 16.7. The van der Waals surface area contributed by atoms with Gasteiger partial charge in [-0.3, -0.25) is 0 Å². The molecule has 6 rings (SSSR count). The summed E-state index contributed by atoms with van der Waals surface area (Å²) in [5.74, 6) is 2.94. The van der Waals surface area contributed by atoms with Crippen LogP contribution in [-0.2, 0) is 5.41 Å². The van der Waals surface area contributed by atoms with E-state index in [0.717, 1.165) is 35.5 Å². The van der Waals surface area contributed by atoms with E-state index in [-0.39, 0.29) is 5.41 Å². The van der Waals surface area contributed by atoms with Crippen molar-refractivity contribution in [1.82, 2.24) is 5.32 Å². The minimum Gasteiger partial charge on any atom is -0.376 e. The molecule has 3 N–H and O–H groups in total. The highest BCUT2D eigenvalue weighted by molar-refractivity contribution is 7.80. The molecule has 1 aromatic carbocycles. The van der Waals surface area contributed by atoms with Crippen LogP contribution in [0.1, 0.15) is 63.4 Å². The minimum atomic E-state index is 0.180. The summed E-state index contributed by atoms with van der Waals surface area (Å²) < 4.78 is 0. The van der Waals surface area contributed by atoms with Crippen molar-refractivity contribution in [2.24, 2.45) is 28.9 Å². The lowest BCUT2D eigenvalue weighted by atomic mass is 9.40. The first-order chi connectivity index (χ1) is 13.5. The third kappa shape index (κ3) is 3.13. The van der Waals surface area contributed by atoms with Crippen molar-refractivity contribution in [1.29, 1.82) is 0 Å². The monoisotopic (exact) mass is 416 g/mol. The number of rotatable bonds is 4. The Bertz CT molecular complexity index is 711. The molecule has 5 fully saturated rings. The summed E-state index contributed by atoms with van der Waals surface area (Å²) in [4.78, 5) is 1.16. The smallest absolute Gasteiger partial charge is 0.0818 e. The minimum absolute atomic E-state index is 0.180. The molecule has 0 amide bonds. The van der Waals surface area contributed by atoms with Crippen LogP contribution in [0.15, 0.2) is 30.3 Å². The lowest BCUT2D eigenvalue weighted by Crippen LogP contribution is -2.62. The molecule has 4 heteroatoms. The Morgan fingerprint density at radius 3 is 2.29 bits per heavy atom. The molecule has 0 aromatic heterocycles. The van der Waals surface area contributed by atoms with E-state index in [9.17, 15) is 0 Å². The molecule has 5 saturated carbocycles. The number of halogens is 1. The summed E-state index contributed by atoms with van der Waals surface area (Å²) in [6.45, 7) is 0. The van der Waals surface area contributed by atoms with Crippen molar-refractivity contribution in [2.75, 3.05) is 5.88 Å². The number of hydrogen-bond donors (Lipinski definition) is 2. The van der Waals surface area contributed by atoms with Gasteiger partial charge in [0, 0.05) is 23.4 Å². The van der Waals surface area contributed by atoms with Crippen LogP contribution in [0.25, 0.3) is 0 Å². The zero-order chi connectivity index (χ0) is 19.4. The van der Waals surface area contributed by atoms with Crippen LogP contribution in [0.2, 0.25) is 0 Å². The van der Waals surface area contributed by atoms with Crippen molar-refractivity contribution >= 4 is 28.8 Å². The number of alkyl halides is 1. The first kappa shape index (κ1) is 19.3. The molecule has 2 nitrogen and oxygen atoms in total.